The van der Waals surface area contributed by atoms with Crippen LogP contribution in [0.15, 0.2) is 18.7 Å². The Hall–Kier alpha value is -1.32. The van der Waals surface area contributed by atoms with Crippen molar-refractivity contribution in [3.05, 3.63) is 18.7 Å². The van der Waals surface area contributed by atoms with E-state index in [4.69, 9.17) is 0 Å². The Morgan fingerprint density at radius 1 is 1.47 bits per heavy atom. The maximum Gasteiger partial charge on any atom is 0.327 e. The Bertz CT molecular complexity index is 321. The molecule has 2 atom stereocenters. The number of aromatic nitrogens is 2. The average Bonchev–Trinajstić information content (AvgIpc) is 2.74. The Labute approximate surface area is 89.7 Å². The van der Waals surface area contributed by atoms with Gasteiger partial charge in [-0.1, -0.05) is 19.8 Å². The fourth-order valence-corrected chi connectivity index (χ4v) is 2.14. The molecule has 1 heterocycles. The van der Waals surface area contributed by atoms with Crippen molar-refractivity contribution in [1.29, 1.82) is 0 Å². The van der Waals surface area contributed by atoms with E-state index in [1.165, 1.54) is 30.2 Å². The van der Waals surface area contributed by atoms with Gasteiger partial charge in [-0.2, -0.15) is 0 Å². The summed E-state index contributed by atoms with van der Waals surface area (Å²) in [6.07, 6.45) is 9.64. The molecule has 1 fully saturated rings. The van der Waals surface area contributed by atoms with E-state index < -0.39 is 0 Å². The number of imidazole rings is 1. The molecule has 1 N–H and O–H groups in total. The molecule has 2 rings (SSSR count). The van der Waals surface area contributed by atoms with E-state index in [1.807, 2.05) is 0 Å². The van der Waals surface area contributed by atoms with Gasteiger partial charge in [-0.15, -0.1) is 0 Å². The summed E-state index contributed by atoms with van der Waals surface area (Å²) in [4.78, 5) is 15.6. The van der Waals surface area contributed by atoms with Crippen LogP contribution in [0.1, 0.15) is 32.6 Å². The molecule has 82 valence electrons. The van der Waals surface area contributed by atoms with E-state index in [0.29, 0.717) is 12.0 Å². The fourth-order valence-electron chi connectivity index (χ4n) is 2.14. The highest BCUT2D eigenvalue weighted by Gasteiger charge is 2.22. The highest BCUT2D eigenvalue weighted by molar-refractivity contribution is 5.76. The first-order valence-corrected chi connectivity index (χ1v) is 5.56. The number of hydrogen-bond acceptors (Lipinski definition) is 2. The van der Waals surface area contributed by atoms with Gasteiger partial charge >= 0.3 is 6.03 Å². The lowest BCUT2D eigenvalue weighted by Crippen LogP contribution is -2.42. The van der Waals surface area contributed by atoms with Gasteiger partial charge < -0.3 is 5.32 Å². The lowest BCUT2D eigenvalue weighted by molar-refractivity contribution is 0.223. The SMILES string of the molecule is C[C@H]1CCCC[C@H]1NC(=O)n1ccnc1. The number of carbonyl (C=O) groups is 1. The van der Waals surface area contributed by atoms with Crippen molar-refractivity contribution in [3.8, 4) is 0 Å². The molecule has 0 radical (unpaired) electrons. The van der Waals surface area contributed by atoms with E-state index in [0.717, 1.165) is 6.42 Å². The third kappa shape index (κ3) is 2.37. The van der Waals surface area contributed by atoms with Crippen molar-refractivity contribution < 1.29 is 4.79 Å². The zero-order chi connectivity index (χ0) is 10.7. The van der Waals surface area contributed by atoms with Crippen LogP contribution < -0.4 is 5.32 Å². The minimum absolute atomic E-state index is 0.0637. The molecule has 1 amide bonds. The van der Waals surface area contributed by atoms with Crippen molar-refractivity contribution in [3.63, 3.8) is 0 Å². The number of hydrogen-bond donors (Lipinski definition) is 1. The summed E-state index contributed by atoms with van der Waals surface area (Å²) in [7, 11) is 0. The minimum Gasteiger partial charge on any atom is -0.334 e. The second-order valence-corrected chi connectivity index (χ2v) is 4.29. The number of nitrogens with one attached hydrogen (secondary N) is 1. The summed E-state index contributed by atoms with van der Waals surface area (Å²) in [5, 5.41) is 3.06. The fraction of sp³-hybridized carbons (Fsp3) is 0.636. The van der Waals surface area contributed by atoms with Crippen LogP contribution in [0.5, 0.6) is 0 Å². The van der Waals surface area contributed by atoms with Crippen LogP contribution >= 0.6 is 0 Å². The van der Waals surface area contributed by atoms with Gasteiger partial charge in [0.2, 0.25) is 0 Å². The van der Waals surface area contributed by atoms with Crippen molar-refractivity contribution in [2.75, 3.05) is 0 Å². The molecule has 1 aliphatic rings. The Morgan fingerprint density at radius 2 is 2.27 bits per heavy atom. The predicted octanol–water partition coefficient (Wildman–Crippen LogP) is 2.02. The lowest BCUT2D eigenvalue weighted by Gasteiger charge is -2.29. The highest BCUT2D eigenvalue weighted by atomic mass is 16.2. The van der Waals surface area contributed by atoms with Gasteiger partial charge in [-0.05, 0) is 18.8 Å². The van der Waals surface area contributed by atoms with Crippen LogP contribution in [-0.4, -0.2) is 21.6 Å². The molecule has 1 aromatic rings. The first-order valence-electron chi connectivity index (χ1n) is 5.56. The van der Waals surface area contributed by atoms with Crippen molar-refractivity contribution in [1.82, 2.24) is 14.9 Å². The largest absolute Gasteiger partial charge is 0.334 e. The Balaban J connectivity index is 1.93. The van der Waals surface area contributed by atoms with Crippen LogP contribution in [0, 0.1) is 5.92 Å². The number of rotatable bonds is 1. The molecular weight excluding hydrogens is 190 g/mol. The molecule has 0 spiro atoms. The molecule has 0 unspecified atom stereocenters. The van der Waals surface area contributed by atoms with E-state index in [9.17, 15) is 4.79 Å². The summed E-state index contributed by atoms with van der Waals surface area (Å²) in [6.45, 7) is 2.21. The van der Waals surface area contributed by atoms with Crippen LogP contribution in [-0.2, 0) is 0 Å². The lowest BCUT2D eigenvalue weighted by atomic mass is 9.86. The molecule has 0 aromatic carbocycles. The standard InChI is InChI=1S/C11H17N3O/c1-9-4-2-3-5-10(9)13-11(15)14-7-6-12-8-14/h6-10H,2-5H2,1H3,(H,13,15)/t9-,10+/m0/s1. The van der Waals surface area contributed by atoms with Crippen molar-refractivity contribution in [2.24, 2.45) is 5.92 Å². The second-order valence-electron chi connectivity index (χ2n) is 4.29. The molecule has 4 heteroatoms. The molecule has 15 heavy (non-hydrogen) atoms. The average molecular weight is 207 g/mol. The summed E-state index contributed by atoms with van der Waals surface area (Å²) in [5.74, 6) is 0.589. The Kier molecular flexibility index (Phi) is 3.04. The molecule has 0 saturated heterocycles. The molecule has 1 saturated carbocycles. The second kappa shape index (κ2) is 4.47. The van der Waals surface area contributed by atoms with Gasteiger partial charge in [0.25, 0.3) is 0 Å². The van der Waals surface area contributed by atoms with Crippen LogP contribution in [0.3, 0.4) is 0 Å². The minimum atomic E-state index is -0.0637. The first kappa shape index (κ1) is 10.2. The maximum atomic E-state index is 11.7. The summed E-state index contributed by atoms with van der Waals surface area (Å²) >= 11 is 0. The predicted molar refractivity (Wildman–Crippen MR) is 57.6 cm³/mol. The Morgan fingerprint density at radius 3 is 2.93 bits per heavy atom. The molecule has 4 nitrogen and oxygen atoms in total. The summed E-state index contributed by atoms with van der Waals surface area (Å²) in [5.41, 5.74) is 0. The molecule has 0 bridgehead atoms. The van der Waals surface area contributed by atoms with Gasteiger partial charge in [0, 0.05) is 18.4 Å². The van der Waals surface area contributed by atoms with E-state index in [-0.39, 0.29) is 6.03 Å². The first-order chi connectivity index (χ1) is 7.27. The van der Waals surface area contributed by atoms with Crippen LogP contribution in [0.25, 0.3) is 0 Å². The number of nitrogens with zero attached hydrogens (tertiary/aromatic N) is 2. The van der Waals surface area contributed by atoms with Gasteiger partial charge in [-0.3, -0.25) is 4.57 Å². The monoisotopic (exact) mass is 207 g/mol. The quantitative estimate of drug-likeness (QED) is 0.765. The number of amides is 1. The van der Waals surface area contributed by atoms with Crippen LogP contribution in [0.2, 0.25) is 0 Å². The maximum absolute atomic E-state index is 11.7. The smallest absolute Gasteiger partial charge is 0.327 e. The summed E-state index contributed by atoms with van der Waals surface area (Å²) in [6, 6.07) is 0.264. The van der Waals surface area contributed by atoms with Gasteiger partial charge in [0.1, 0.15) is 6.33 Å². The molecule has 0 aliphatic heterocycles. The van der Waals surface area contributed by atoms with Gasteiger partial charge in [0.15, 0.2) is 0 Å². The normalized spacial score (nSPS) is 26.2. The van der Waals surface area contributed by atoms with E-state index in [2.05, 4.69) is 17.2 Å². The zero-order valence-corrected chi connectivity index (χ0v) is 9.02. The third-order valence-electron chi connectivity index (χ3n) is 3.16. The van der Waals surface area contributed by atoms with E-state index >= 15 is 0 Å². The van der Waals surface area contributed by atoms with Crippen molar-refractivity contribution in [2.45, 2.75) is 38.6 Å². The summed E-state index contributed by atoms with van der Waals surface area (Å²) < 4.78 is 1.49. The zero-order valence-electron chi connectivity index (χ0n) is 9.02. The molecule has 1 aromatic heterocycles. The third-order valence-corrected chi connectivity index (χ3v) is 3.16. The van der Waals surface area contributed by atoms with Gasteiger partial charge in [-0.25, -0.2) is 9.78 Å². The van der Waals surface area contributed by atoms with E-state index in [1.54, 1.807) is 12.4 Å². The van der Waals surface area contributed by atoms with Crippen LogP contribution in [0.4, 0.5) is 4.79 Å². The molecular formula is C11H17N3O. The highest BCUT2D eigenvalue weighted by Crippen LogP contribution is 2.23. The topological polar surface area (TPSA) is 46.9 Å². The van der Waals surface area contributed by atoms with Gasteiger partial charge in [0.05, 0.1) is 0 Å². The molecule has 1 aliphatic carbocycles. The number of carbonyl (C=O) groups excluding carboxylic acids is 1. The van der Waals surface area contributed by atoms with Crippen molar-refractivity contribution >= 4 is 6.03 Å².